The lowest BCUT2D eigenvalue weighted by Crippen LogP contribution is -2.37. The molecule has 7 heteroatoms. The zero-order valence-corrected chi connectivity index (χ0v) is 16.5. The summed E-state index contributed by atoms with van der Waals surface area (Å²) in [6.07, 6.45) is 6.31. The Morgan fingerprint density at radius 2 is 1.82 bits per heavy atom. The van der Waals surface area contributed by atoms with Crippen LogP contribution in [0.15, 0.2) is 46.2 Å². The summed E-state index contributed by atoms with van der Waals surface area (Å²) >= 11 is 0. The van der Waals surface area contributed by atoms with Crippen LogP contribution in [-0.4, -0.2) is 36.7 Å². The predicted molar refractivity (Wildman–Crippen MR) is 109 cm³/mol. The van der Waals surface area contributed by atoms with Gasteiger partial charge in [-0.3, -0.25) is 18.8 Å². The van der Waals surface area contributed by atoms with Crippen molar-refractivity contribution >= 4 is 11.2 Å². The molecule has 0 amide bonds. The van der Waals surface area contributed by atoms with Crippen molar-refractivity contribution in [3.63, 3.8) is 0 Å². The molecule has 0 aliphatic carbocycles. The van der Waals surface area contributed by atoms with Gasteiger partial charge in [-0.15, -0.1) is 0 Å². The number of likely N-dealkylation sites (tertiary alicyclic amines) is 1. The Labute approximate surface area is 163 Å². The van der Waals surface area contributed by atoms with Crippen LogP contribution in [0.5, 0.6) is 0 Å². The van der Waals surface area contributed by atoms with Gasteiger partial charge in [-0.25, -0.2) is 9.78 Å². The van der Waals surface area contributed by atoms with Crippen LogP contribution in [0.25, 0.3) is 11.2 Å². The Kier molecular flexibility index (Phi) is 5.17. The third-order valence-corrected chi connectivity index (χ3v) is 5.86. The summed E-state index contributed by atoms with van der Waals surface area (Å²) < 4.78 is 4.47. The fraction of sp³-hybridized carbons (Fsp3) is 0.476. The number of fused-ring (bicyclic) bond motifs is 1. The van der Waals surface area contributed by atoms with Gasteiger partial charge in [0.1, 0.15) is 0 Å². The largest absolute Gasteiger partial charge is 0.332 e. The minimum absolute atomic E-state index is 0.282. The van der Waals surface area contributed by atoms with Crippen LogP contribution >= 0.6 is 0 Å². The van der Waals surface area contributed by atoms with Gasteiger partial charge < -0.3 is 4.57 Å². The molecule has 1 aliphatic heterocycles. The molecule has 1 atom stereocenters. The summed E-state index contributed by atoms with van der Waals surface area (Å²) in [5, 5.41) is 0. The SMILES string of the molecule is Cn1c(=O)c2c(ncn2CCCN2CCCCC2c2ccccc2)n(C)c1=O. The molecule has 0 spiro atoms. The Balaban J connectivity index is 1.51. The topological polar surface area (TPSA) is 65.1 Å². The van der Waals surface area contributed by atoms with Gasteiger partial charge in [-0.2, -0.15) is 0 Å². The summed E-state index contributed by atoms with van der Waals surface area (Å²) in [5.41, 5.74) is 1.72. The van der Waals surface area contributed by atoms with Crippen LogP contribution in [0.2, 0.25) is 0 Å². The van der Waals surface area contributed by atoms with E-state index in [1.807, 2.05) is 4.57 Å². The number of nitrogens with zero attached hydrogens (tertiary/aromatic N) is 5. The van der Waals surface area contributed by atoms with Gasteiger partial charge in [0.15, 0.2) is 11.2 Å². The molecule has 4 rings (SSSR count). The van der Waals surface area contributed by atoms with Gasteiger partial charge in [0.25, 0.3) is 5.56 Å². The number of hydrogen-bond acceptors (Lipinski definition) is 4. The third-order valence-electron chi connectivity index (χ3n) is 5.86. The van der Waals surface area contributed by atoms with Crippen molar-refractivity contribution in [3.05, 3.63) is 63.1 Å². The first kappa shape index (κ1) is 18.7. The standard InChI is InChI=1S/C21H27N5O2/c1-23-19-18(20(27)24(2)21(23)28)26(15-22-19)14-8-13-25-12-7-6-11-17(25)16-9-4-3-5-10-16/h3-5,9-10,15,17H,6-8,11-14H2,1-2H3. The normalized spacial score (nSPS) is 18.0. The Morgan fingerprint density at radius 1 is 1.04 bits per heavy atom. The average Bonchev–Trinajstić information content (AvgIpc) is 3.16. The van der Waals surface area contributed by atoms with Crippen molar-refractivity contribution in [3.8, 4) is 0 Å². The molecule has 0 saturated carbocycles. The fourth-order valence-corrected chi connectivity index (χ4v) is 4.32. The van der Waals surface area contributed by atoms with Crippen LogP contribution in [0.3, 0.4) is 0 Å². The number of aryl methyl sites for hydroxylation is 2. The zero-order valence-electron chi connectivity index (χ0n) is 16.5. The number of aromatic nitrogens is 4. The summed E-state index contributed by atoms with van der Waals surface area (Å²) in [4.78, 5) is 31.5. The summed E-state index contributed by atoms with van der Waals surface area (Å²) in [6.45, 7) is 2.80. The number of rotatable bonds is 5. The fourth-order valence-electron chi connectivity index (χ4n) is 4.32. The lowest BCUT2D eigenvalue weighted by Gasteiger charge is -2.36. The van der Waals surface area contributed by atoms with Gasteiger partial charge in [-0.05, 0) is 31.4 Å². The minimum Gasteiger partial charge on any atom is -0.325 e. The Bertz CT molecular complexity index is 1080. The van der Waals surface area contributed by atoms with E-state index in [2.05, 4.69) is 40.2 Å². The van der Waals surface area contributed by atoms with Crippen LogP contribution in [-0.2, 0) is 20.6 Å². The lowest BCUT2D eigenvalue weighted by atomic mass is 9.95. The predicted octanol–water partition coefficient (Wildman–Crippen LogP) is 2.05. The summed E-state index contributed by atoms with van der Waals surface area (Å²) in [7, 11) is 3.17. The maximum absolute atomic E-state index is 12.6. The average molecular weight is 381 g/mol. The molecule has 2 aromatic heterocycles. The second kappa shape index (κ2) is 7.75. The molecule has 0 radical (unpaired) electrons. The van der Waals surface area contributed by atoms with Crippen molar-refractivity contribution in [2.45, 2.75) is 38.3 Å². The number of imidazole rings is 1. The van der Waals surface area contributed by atoms with Gasteiger partial charge >= 0.3 is 5.69 Å². The van der Waals surface area contributed by atoms with Crippen molar-refractivity contribution in [2.75, 3.05) is 13.1 Å². The van der Waals surface area contributed by atoms with E-state index in [9.17, 15) is 9.59 Å². The van der Waals surface area contributed by atoms with E-state index in [4.69, 9.17) is 0 Å². The number of piperidine rings is 1. The number of hydrogen-bond donors (Lipinski definition) is 0. The summed E-state index contributed by atoms with van der Waals surface area (Å²) in [5.74, 6) is 0. The van der Waals surface area contributed by atoms with Crippen molar-refractivity contribution in [1.29, 1.82) is 0 Å². The quantitative estimate of drug-likeness (QED) is 0.679. The zero-order chi connectivity index (χ0) is 19.7. The van der Waals surface area contributed by atoms with E-state index in [1.165, 1.54) is 36.4 Å². The first-order chi connectivity index (χ1) is 13.6. The highest BCUT2D eigenvalue weighted by Gasteiger charge is 2.23. The van der Waals surface area contributed by atoms with E-state index in [0.29, 0.717) is 23.8 Å². The molecule has 3 heterocycles. The highest BCUT2D eigenvalue weighted by atomic mass is 16.2. The molecule has 1 unspecified atom stereocenters. The second-order valence-corrected chi connectivity index (χ2v) is 7.63. The van der Waals surface area contributed by atoms with Gasteiger partial charge in [-0.1, -0.05) is 36.8 Å². The van der Waals surface area contributed by atoms with Crippen molar-refractivity contribution in [2.24, 2.45) is 14.1 Å². The Hall–Kier alpha value is -2.67. The van der Waals surface area contributed by atoms with E-state index in [-0.39, 0.29) is 11.2 Å². The molecule has 148 valence electrons. The lowest BCUT2D eigenvalue weighted by molar-refractivity contribution is 0.145. The molecule has 1 aromatic carbocycles. The van der Waals surface area contributed by atoms with Crippen LogP contribution in [0, 0.1) is 0 Å². The highest BCUT2D eigenvalue weighted by Crippen LogP contribution is 2.30. The van der Waals surface area contributed by atoms with Crippen LogP contribution < -0.4 is 11.2 Å². The molecule has 7 nitrogen and oxygen atoms in total. The molecular weight excluding hydrogens is 354 g/mol. The molecule has 0 bridgehead atoms. The molecule has 1 fully saturated rings. The second-order valence-electron chi connectivity index (χ2n) is 7.63. The molecule has 1 aliphatic rings. The van der Waals surface area contributed by atoms with Crippen molar-refractivity contribution < 1.29 is 0 Å². The molecule has 28 heavy (non-hydrogen) atoms. The van der Waals surface area contributed by atoms with Gasteiger partial charge in [0.2, 0.25) is 0 Å². The van der Waals surface area contributed by atoms with Gasteiger partial charge in [0, 0.05) is 33.2 Å². The molecule has 1 saturated heterocycles. The van der Waals surface area contributed by atoms with E-state index < -0.39 is 0 Å². The van der Waals surface area contributed by atoms with Crippen LogP contribution in [0.4, 0.5) is 0 Å². The first-order valence-corrected chi connectivity index (χ1v) is 9.98. The Morgan fingerprint density at radius 3 is 2.61 bits per heavy atom. The smallest absolute Gasteiger partial charge is 0.325 e. The maximum atomic E-state index is 12.6. The number of benzene rings is 1. The van der Waals surface area contributed by atoms with Crippen LogP contribution in [0.1, 0.15) is 37.3 Å². The third kappa shape index (κ3) is 3.30. The molecule has 3 aromatic rings. The molecule has 0 N–H and O–H groups in total. The monoisotopic (exact) mass is 381 g/mol. The van der Waals surface area contributed by atoms with E-state index in [1.54, 1.807) is 13.4 Å². The summed E-state index contributed by atoms with van der Waals surface area (Å²) in [6, 6.07) is 11.2. The maximum Gasteiger partial charge on any atom is 0.332 e. The highest BCUT2D eigenvalue weighted by molar-refractivity contribution is 5.69. The molecular formula is C21H27N5O2. The minimum atomic E-state index is -0.346. The van der Waals surface area contributed by atoms with Gasteiger partial charge in [0.05, 0.1) is 6.33 Å². The van der Waals surface area contributed by atoms with E-state index >= 15 is 0 Å². The van der Waals surface area contributed by atoms with E-state index in [0.717, 1.165) is 24.1 Å². The van der Waals surface area contributed by atoms with Crippen molar-refractivity contribution in [1.82, 2.24) is 23.6 Å². The first-order valence-electron chi connectivity index (χ1n) is 9.98.